The van der Waals surface area contributed by atoms with Crippen molar-refractivity contribution < 1.29 is 30.0 Å². The molecule has 1 aliphatic rings. The average molecular weight is 325 g/mol. The third-order valence-electron chi connectivity index (χ3n) is 4.10. The first kappa shape index (κ1) is 17.8. The zero-order chi connectivity index (χ0) is 17.1. The molecule has 2 rings (SSSR count). The van der Waals surface area contributed by atoms with Gasteiger partial charge in [0.1, 0.15) is 24.4 Å². The van der Waals surface area contributed by atoms with E-state index in [1.165, 1.54) is 11.8 Å². The molecule has 0 bridgehead atoms. The van der Waals surface area contributed by atoms with Gasteiger partial charge in [-0.2, -0.15) is 0 Å². The van der Waals surface area contributed by atoms with Gasteiger partial charge in [-0.1, -0.05) is 29.8 Å². The number of carbonyl (C=O) groups excluding carboxylic acids is 1. The maximum absolute atomic E-state index is 12.0. The van der Waals surface area contributed by atoms with E-state index in [-0.39, 0.29) is 12.5 Å². The fourth-order valence-electron chi connectivity index (χ4n) is 2.74. The molecule has 128 valence electrons. The summed E-state index contributed by atoms with van der Waals surface area (Å²) in [6.45, 7) is 2.88. The van der Waals surface area contributed by atoms with Gasteiger partial charge in [-0.05, 0) is 12.5 Å². The number of nitrogens with zero attached hydrogens (tertiary/aromatic N) is 1. The van der Waals surface area contributed by atoms with Gasteiger partial charge < -0.3 is 30.1 Å². The largest absolute Gasteiger partial charge is 0.394 e. The smallest absolute Gasteiger partial charge is 0.220 e. The van der Waals surface area contributed by atoms with Crippen LogP contribution >= 0.6 is 0 Å². The van der Waals surface area contributed by atoms with E-state index >= 15 is 0 Å². The lowest BCUT2D eigenvalue weighted by Crippen LogP contribution is -2.64. The van der Waals surface area contributed by atoms with Crippen molar-refractivity contribution in [2.75, 3.05) is 6.61 Å². The minimum Gasteiger partial charge on any atom is -0.394 e. The Bertz CT molecular complexity index is 534. The Balaban J connectivity index is 2.22. The van der Waals surface area contributed by atoms with E-state index in [0.717, 1.165) is 11.1 Å². The first-order chi connectivity index (χ1) is 10.8. The van der Waals surface area contributed by atoms with Gasteiger partial charge in [0.25, 0.3) is 0 Å². The highest BCUT2D eigenvalue weighted by Gasteiger charge is 2.47. The first-order valence-electron chi connectivity index (χ1n) is 7.48. The fraction of sp³-hybridized carbons (Fsp3) is 0.562. The molecule has 0 unspecified atom stereocenters. The molecule has 7 heteroatoms. The van der Waals surface area contributed by atoms with E-state index in [9.17, 15) is 20.1 Å². The van der Waals surface area contributed by atoms with Gasteiger partial charge in [0.05, 0.1) is 6.61 Å². The first-order valence-corrected chi connectivity index (χ1v) is 7.48. The lowest BCUT2D eigenvalue weighted by atomic mass is 9.95. The predicted molar refractivity (Wildman–Crippen MR) is 81.2 cm³/mol. The number of aliphatic hydroxyl groups is 4. The SMILES string of the molecule is CC(=O)N(Cc1ccc(C)cc1)[C@@H]1[C@@H](O)[C@H](O)[C@@H](CO)O[C@H]1O. The van der Waals surface area contributed by atoms with E-state index in [0.29, 0.717) is 0 Å². The number of amides is 1. The molecule has 0 radical (unpaired) electrons. The van der Waals surface area contributed by atoms with Crippen LogP contribution < -0.4 is 0 Å². The van der Waals surface area contributed by atoms with Crippen LogP contribution in [0.2, 0.25) is 0 Å². The van der Waals surface area contributed by atoms with Crippen LogP contribution in [-0.2, 0) is 16.1 Å². The normalized spacial score (nSPS) is 31.0. The van der Waals surface area contributed by atoms with Gasteiger partial charge in [0.15, 0.2) is 6.29 Å². The summed E-state index contributed by atoms with van der Waals surface area (Å²) in [4.78, 5) is 13.2. The van der Waals surface area contributed by atoms with Crippen LogP contribution in [0.15, 0.2) is 24.3 Å². The number of aryl methyl sites for hydroxylation is 1. The van der Waals surface area contributed by atoms with Crippen molar-refractivity contribution >= 4 is 5.91 Å². The molecule has 0 spiro atoms. The molecule has 1 aromatic rings. The minimum absolute atomic E-state index is 0.161. The molecule has 1 heterocycles. The molecule has 23 heavy (non-hydrogen) atoms. The molecule has 1 aromatic carbocycles. The van der Waals surface area contributed by atoms with Gasteiger partial charge >= 0.3 is 0 Å². The second-order valence-electron chi connectivity index (χ2n) is 5.85. The molecule has 1 aliphatic heterocycles. The maximum Gasteiger partial charge on any atom is 0.220 e. The van der Waals surface area contributed by atoms with Crippen molar-refractivity contribution in [1.29, 1.82) is 0 Å². The maximum atomic E-state index is 12.0. The lowest BCUT2D eigenvalue weighted by Gasteiger charge is -2.44. The van der Waals surface area contributed by atoms with Crippen LogP contribution in [-0.4, -0.2) is 68.5 Å². The van der Waals surface area contributed by atoms with Crippen molar-refractivity contribution in [1.82, 2.24) is 4.90 Å². The van der Waals surface area contributed by atoms with Crippen LogP contribution in [0.4, 0.5) is 0 Å². The summed E-state index contributed by atoms with van der Waals surface area (Å²) in [7, 11) is 0. The highest BCUT2D eigenvalue weighted by molar-refractivity contribution is 5.73. The molecular formula is C16H23NO6. The second-order valence-corrected chi connectivity index (χ2v) is 5.85. The highest BCUT2D eigenvalue weighted by atomic mass is 16.6. The van der Waals surface area contributed by atoms with Gasteiger partial charge in [0.2, 0.25) is 5.91 Å². The lowest BCUT2D eigenvalue weighted by molar-refractivity contribution is -0.271. The van der Waals surface area contributed by atoms with E-state index in [4.69, 9.17) is 9.84 Å². The van der Waals surface area contributed by atoms with Crippen molar-refractivity contribution in [3.05, 3.63) is 35.4 Å². The number of ether oxygens (including phenoxy) is 1. The van der Waals surface area contributed by atoms with E-state index in [1.54, 1.807) is 0 Å². The Morgan fingerprint density at radius 3 is 2.30 bits per heavy atom. The van der Waals surface area contributed by atoms with Gasteiger partial charge in [-0.3, -0.25) is 4.79 Å². The number of aliphatic hydroxyl groups excluding tert-OH is 4. The van der Waals surface area contributed by atoms with Crippen LogP contribution in [0.3, 0.4) is 0 Å². The summed E-state index contributed by atoms with van der Waals surface area (Å²) < 4.78 is 5.12. The summed E-state index contributed by atoms with van der Waals surface area (Å²) in [5.41, 5.74) is 1.90. The van der Waals surface area contributed by atoms with Gasteiger partial charge in [-0.25, -0.2) is 0 Å². The Morgan fingerprint density at radius 2 is 1.78 bits per heavy atom. The average Bonchev–Trinajstić information content (AvgIpc) is 2.51. The Labute approximate surface area is 134 Å². The monoisotopic (exact) mass is 325 g/mol. The molecule has 1 fully saturated rings. The zero-order valence-electron chi connectivity index (χ0n) is 13.2. The van der Waals surface area contributed by atoms with Gasteiger partial charge in [-0.15, -0.1) is 0 Å². The molecule has 0 aliphatic carbocycles. The molecule has 5 atom stereocenters. The third kappa shape index (κ3) is 3.88. The summed E-state index contributed by atoms with van der Waals surface area (Å²) in [6.07, 6.45) is -5.41. The predicted octanol–water partition coefficient (Wildman–Crippen LogP) is -0.857. The van der Waals surface area contributed by atoms with Crippen LogP contribution in [0.25, 0.3) is 0 Å². The molecule has 7 nitrogen and oxygen atoms in total. The van der Waals surface area contributed by atoms with Crippen LogP contribution in [0, 0.1) is 6.92 Å². The fourth-order valence-corrected chi connectivity index (χ4v) is 2.74. The molecule has 4 N–H and O–H groups in total. The number of hydrogen-bond acceptors (Lipinski definition) is 6. The van der Waals surface area contributed by atoms with Crippen molar-refractivity contribution in [3.63, 3.8) is 0 Å². The third-order valence-corrected chi connectivity index (χ3v) is 4.10. The molecule has 0 aromatic heterocycles. The summed E-state index contributed by atoms with van der Waals surface area (Å²) in [5, 5.41) is 39.4. The Morgan fingerprint density at radius 1 is 1.17 bits per heavy atom. The number of rotatable bonds is 4. The van der Waals surface area contributed by atoms with E-state index in [2.05, 4.69) is 0 Å². The van der Waals surface area contributed by atoms with Gasteiger partial charge in [0, 0.05) is 13.5 Å². The highest BCUT2D eigenvalue weighted by Crippen LogP contribution is 2.25. The zero-order valence-corrected chi connectivity index (χ0v) is 13.2. The molecule has 1 amide bonds. The number of benzene rings is 1. The molecular weight excluding hydrogens is 302 g/mol. The van der Waals surface area contributed by atoms with Crippen molar-refractivity contribution in [2.45, 2.75) is 51.0 Å². The topological polar surface area (TPSA) is 110 Å². The van der Waals surface area contributed by atoms with Crippen molar-refractivity contribution in [2.24, 2.45) is 0 Å². The number of carbonyl (C=O) groups is 1. The second kappa shape index (κ2) is 7.37. The Hall–Kier alpha value is -1.51. The van der Waals surface area contributed by atoms with E-state index in [1.807, 2.05) is 31.2 Å². The van der Waals surface area contributed by atoms with Crippen molar-refractivity contribution in [3.8, 4) is 0 Å². The molecule has 1 saturated heterocycles. The Kier molecular flexibility index (Phi) is 5.72. The molecule has 0 saturated carbocycles. The quantitative estimate of drug-likeness (QED) is 0.574. The summed E-state index contributed by atoms with van der Waals surface area (Å²) in [5.74, 6) is -0.369. The van der Waals surface area contributed by atoms with Crippen LogP contribution in [0.5, 0.6) is 0 Å². The van der Waals surface area contributed by atoms with E-state index < -0.39 is 37.3 Å². The standard InChI is InChI=1S/C16H23NO6/c1-9-3-5-11(6-4-9)7-17(10(2)19)13-15(21)14(20)12(8-18)23-16(13)22/h3-6,12-16,18,20-22H,7-8H2,1-2H3/t12-,13-,14-,15-,16-/m1/s1. The minimum atomic E-state index is -1.50. The number of hydrogen-bond donors (Lipinski definition) is 4. The summed E-state index contributed by atoms with van der Waals surface area (Å²) >= 11 is 0. The van der Waals surface area contributed by atoms with Crippen LogP contribution in [0.1, 0.15) is 18.1 Å². The summed E-state index contributed by atoms with van der Waals surface area (Å²) in [6, 6.07) is 6.37.